The summed E-state index contributed by atoms with van der Waals surface area (Å²) in [5.41, 5.74) is 7.78. The summed E-state index contributed by atoms with van der Waals surface area (Å²) in [5, 5.41) is 0. The van der Waals surface area contributed by atoms with Gasteiger partial charge in [-0.05, 0) is 12.1 Å². The fraction of sp³-hybridized carbons (Fsp3) is 0.231. The molecule has 0 fully saturated rings. The first-order valence-electron chi connectivity index (χ1n) is 5.95. The number of aryl methyl sites for hydroxylation is 1. The SMILES string of the molecule is COc1ccc2nc(N)n(Cc3nccn3C)c2c1. The van der Waals surface area contributed by atoms with Crippen LogP contribution < -0.4 is 10.5 Å². The van der Waals surface area contributed by atoms with Crippen LogP contribution in [0.4, 0.5) is 5.95 Å². The van der Waals surface area contributed by atoms with Crippen LogP contribution in [0.3, 0.4) is 0 Å². The van der Waals surface area contributed by atoms with Gasteiger partial charge in [-0.2, -0.15) is 0 Å². The summed E-state index contributed by atoms with van der Waals surface area (Å²) in [5.74, 6) is 2.19. The van der Waals surface area contributed by atoms with Crippen LogP contribution in [-0.2, 0) is 13.6 Å². The molecule has 19 heavy (non-hydrogen) atoms. The Balaban J connectivity index is 2.11. The molecule has 2 N–H and O–H groups in total. The van der Waals surface area contributed by atoms with Crippen molar-refractivity contribution in [3.8, 4) is 5.75 Å². The minimum absolute atomic E-state index is 0.478. The van der Waals surface area contributed by atoms with Gasteiger partial charge in [0.05, 0.1) is 24.7 Å². The highest BCUT2D eigenvalue weighted by atomic mass is 16.5. The van der Waals surface area contributed by atoms with Crippen LogP contribution in [0.2, 0.25) is 0 Å². The van der Waals surface area contributed by atoms with Crippen molar-refractivity contribution in [2.75, 3.05) is 12.8 Å². The van der Waals surface area contributed by atoms with E-state index in [9.17, 15) is 0 Å². The van der Waals surface area contributed by atoms with Gasteiger partial charge in [0.1, 0.15) is 11.6 Å². The first-order valence-corrected chi connectivity index (χ1v) is 5.95. The first-order chi connectivity index (χ1) is 9.19. The van der Waals surface area contributed by atoms with E-state index in [1.807, 2.05) is 40.6 Å². The zero-order chi connectivity index (χ0) is 13.4. The second kappa shape index (κ2) is 4.31. The molecular formula is C13H15N5O. The molecule has 0 atom stereocenters. The molecular weight excluding hydrogens is 242 g/mol. The van der Waals surface area contributed by atoms with Crippen LogP contribution >= 0.6 is 0 Å². The molecule has 0 bridgehead atoms. The maximum absolute atomic E-state index is 5.99. The number of hydrogen-bond donors (Lipinski definition) is 1. The van der Waals surface area contributed by atoms with Gasteiger partial charge in [0.2, 0.25) is 5.95 Å². The van der Waals surface area contributed by atoms with Crippen molar-refractivity contribution in [1.29, 1.82) is 0 Å². The van der Waals surface area contributed by atoms with E-state index in [0.717, 1.165) is 22.6 Å². The number of fused-ring (bicyclic) bond motifs is 1. The number of nitrogens with zero attached hydrogens (tertiary/aromatic N) is 4. The molecule has 6 heteroatoms. The fourth-order valence-corrected chi connectivity index (χ4v) is 2.10. The third-order valence-corrected chi connectivity index (χ3v) is 3.21. The average molecular weight is 257 g/mol. The van der Waals surface area contributed by atoms with E-state index >= 15 is 0 Å². The molecule has 1 aromatic carbocycles. The molecule has 0 saturated heterocycles. The molecule has 2 aromatic heterocycles. The molecule has 0 radical (unpaired) electrons. The smallest absolute Gasteiger partial charge is 0.201 e. The molecule has 0 unspecified atom stereocenters. The van der Waals surface area contributed by atoms with Crippen LogP contribution in [-0.4, -0.2) is 26.2 Å². The van der Waals surface area contributed by atoms with E-state index in [1.54, 1.807) is 13.3 Å². The molecule has 98 valence electrons. The van der Waals surface area contributed by atoms with Crippen LogP contribution in [0.15, 0.2) is 30.6 Å². The number of aromatic nitrogens is 4. The van der Waals surface area contributed by atoms with Gasteiger partial charge >= 0.3 is 0 Å². The lowest BCUT2D eigenvalue weighted by Gasteiger charge is -2.07. The Morgan fingerprint density at radius 1 is 1.37 bits per heavy atom. The van der Waals surface area contributed by atoms with Gasteiger partial charge in [-0.15, -0.1) is 0 Å². The number of hydrogen-bond acceptors (Lipinski definition) is 4. The number of nitrogen functional groups attached to an aromatic ring is 1. The standard InChI is InChI=1S/C13H15N5O/c1-17-6-5-15-12(17)8-18-11-7-9(19-2)3-4-10(11)16-13(18)14/h3-7H,8H2,1-2H3,(H2,14,16). The van der Waals surface area contributed by atoms with Gasteiger partial charge in [0, 0.05) is 25.5 Å². The van der Waals surface area contributed by atoms with Crippen molar-refractivity contribution in [2.45, 2.75) is 6.54 Å². The van der Waals surface area contributed by atoms with Crippen molar-refractivity contribution < 1.29 is 4.74 Å². The van der Waals surface area contributed by atoms with Crippen molar-refractivity contribution in [1.82, 2.24) is 19.1 Å². The minimum atomic E-state index is 0.478. The number of ether oxygens (including phenoxy) is 1. The Bertz CT molecular complexity index is 728. The Morgan fingerprint density at radius 3 is 2.89 bits per heavy atom. The lowest BCUT2D eigenvalue weighted by Crippen LogP contribution is -2.08. The zero-order valence-corrected chi connectivity index (χ0v) is 10.9. The zero-order valence-electron chi connectivity index (χ0n) is 10.9. The highest BCUT2D eigenvalue weighted by Crippen LogP contribution is 2.23. The van der Waals surface area contributed by atoms with E-state index in [-0.39, 0.29) is 0 Å². The topological polar surface area (TPSA) is 70.9 Å². The molecule has 0 saturated carbocycles. The van der Waals surface area contributed by atoms with E-state index < -0.39 is 0 Å². The van der Waals surface area contributed by atoms with Crippen LogP contribution in [0.1, 0.15) is 5.82 Å². The maximum Gasteiger partial charge on any atom is 0.201 e. The molecule has 0 spiro atoms. The Morgan fingerprint density at radius 2 is 2.21 bits per heavy atom. The number of methoxy groups -OCH3 is 1. The molecule has 0 aliphatic carbocycles. The van der Waals surface area contributed by atoms with Crippen molar-refractivity contribution in [2.24, 2.45) is 7.05 Å². The van der Waals surface area contributed by atoms with Gasteiger partial charge in [-0.3, -0.25) is 0 Å². The predicted octanol–water partition coefficient (Wildman–Crippen LogP) is 1.41. The normalized spacial score (nSPS) is 11.1. The summed E-state index contributed by atoms with van der Waals surface area (Å²) in [6.07, 6.45) is 3.68. The second-order valence-electron chi connectivity index (χ2n) is 4.37. The lowest BCUT2D eigenvalue weighted by molar-refractivity contribution is 0.415. The third kappa shape index (κ3) is 1.91. The molecule has 0 aliphatic heterocycles. The number of imidazole rings is 2. The van der Waals surface area contributed by atoms with E-state index in [1.165, 1.54) is 0 Å². The quantitative estimate of drug-likeness (QED) is 0.770. The number of anilines is 1. The summed E-state index contributed by atoms with van der Waals surface area (Å²) in [6.45, 7) is 0.582. The van der Waals surface area contributed by atoms with Crippen molar-refractivity contribution in [3.63, 3.8) is 0 Å². The molecule has 3 aromatic rings. The summed E-state index contributed by atoms with van der Waals surface area (Å²) < 4.78 is 9.14. The van der Waals surface area contributed by atoms with E-state index in [0.29, 0.717) is 12.5 Å². The van der Waals surface area contributed by atoms with Crippen LogP contribution in [0.25, 0.3) is 11.0 Å². The first kappa shape index (κ1) is 11.6. The van der Waals surface area contributed by atoms with Crippen molar-refractivity contribution in [3.05, 3.63) is 36.4 Å². The Hall–Kier alpha value is -2.50. The molecule has 0 aliphatic rings. The van der Waals surface area contributed by atoms with Crippen LogP contribution in [0, 0.1) is 0 Å². The maximum atomic E-state index is 5.99. The summed E-state index contributed by atoms with van der Waals surface area (Å²) in [7, 11) is 3.60. The van der Waals surface area contributed by atoms with E-state index in [4.69, 9.17) is 10.5 Å². The van der Waals surface area contributed by atoms with E-state index in [2.05, 4.69) is 9.97 Å². The van der Waals surface area contributed by atoms with Gasteiger partial charge in [0.25, 0.3) is 0 Å². The monoisotopic (exact) mass is 257 g/mol. The lowest BCUT2D eigenvalue weighted by atomic mass is 10.3. The largest absolute Gasteiger partial charge is 0.497 e. The van der Waals surface area contributed by atoms with Gasteiger partial charge in [-0.25, -0.2) is 9.97 Å². The number of rotatable bonds is 3. The summed E-state index contributed by atoms with van der Waals surface area (Å²) in [4.78, 5) is 8.66. The number of nitrogens with two attached hydrogens (primary N) is 1. The molecule has 2 heterocycles. The average Bonchev–Trinajstić information content (AvgIpc) is 2.94. The second-order valence-corrected chi connectivity index (χ2v) is 4.37. The molecule has 3 rings (SSSR count). The van der Waals surface area contributed by atoms with Crippen LogP contribution in [0.5, 0.6) is 5.75 Å². The number of benzene rings is 1. The Kier molecular flexibility index (Phi) is 2.63. The third-order valence-electron chi connectivity index (χ3n) is 3.21. The minimum Gasteiger partial charge on any atom is -0.497 e. The summed E-state index contributed by atoms with van der Waals surface area (Å²) >= 11 is 0. The highest BCUT2D eigenvalue weighted by Gasteiger charge is 2.11. The Labute approximate surface area is 110 Å². The van der Waals surface area contributed by atoms with Gasteiger partial charge < -0.3 is 19.6 Å². The van der Waals surface area contributed by atoms with Crippen molar-refractivity contribution >= 4 is 17.0 Å². The molecule has 6 nitrogen and oxygen atoms in total. The van der Waals surface area contributed by atoms with Gasteiger partial charge in [0.15, 0.2) is 0 Å². The summed E-state index contributed by atoms with van der Waals surface area (Å²) in [6, 6.07) is 5.71. The highest BCUT2D eigenvalue weighted by molar-refractivity contribution is 5.80. The predicted molar refractivity (Wildman–Crippen MR) is 73.0 cm³/mol. The molecule has 0 amide bonds. The fourth-order valence-electron chi connectivity index (χ4n) is 2.10. The van der Waals surface area contributed by atoms with Gasteiger partial charge in [-0.1, -0.05) is 0 Å².